The summed E-state index contributed by atoms with van der Waals surface area (Å²) in [5, 5.41) is 45.0. The molecule has 0 aromatic rings. The second-order valence-corrected chi connectivity index (χ2v) is 5.84. The van der Waals surface area contributed by atoms with Crippen LogP contribution in [0.25, 0.3) is 0 Å². The van der Waals surface area contributed by atoms with Crippen LogP contribution in [0.5, 0.6) is 0 Å². The van der Waals surface area contributed by atoms with Gasteiger partial charge in [-0.25, -0.2) is 4.57 Å². The highest BCUT2D eigenvalue weighted by atomic mass is 32.7. The summed E-state index contributed by atoms with van der Waals surface area (Å²) >= 11 is 3.15. The number of hydrogen-bond acceptors (Lipinski definition) is 7. The smallest absolute Gasteiger partial charge is 0.383 e. The molecule has 0 aliphatic heterocycles. The first kappa shape index (κ1) is 16.3. The number of rotatable bonds is 7. The van der Waals surface area contributed by atoms with Crippen LogP contribution in [0.15, 0.2) is 0 Å². The fourth-order valence-corrected chi connectivity index (χ4v) is 1.38. The Kier molecular flexibility index (Phi) is 7.03. The summed E-state index contributed by atoms with van der Waals surface area (Å²) in [7, 11) is 0. The van der Waals surface area contributed by atoms with Crippen LogP contribution in [0.4, 0.5) is 0 Å². The maximum absolute atomic E-state index is 10.6. The predicted octanol–water partition coefficient (Wildman–Crippen LogP) is -2.53. The minimum atomic E-state index is -4.09. The van der Waals surface area contributed by atoms with Crippen LogP contribution in [0.2, 0.25) is 0 Å². The summed E-state index contributed by atoms with van der Waals surface area (Å²) in [6.45, 7) is -5.66. The molecule has 0 saturated carbocycles. The van der Waals surface area contributed by atoms with Gasteiger partial charge < -0.3 is 30.4 Å². The van der Waals surface area contributed by atoms with Crippen LogP contribution >= 0.6 is 19.0 Å². The highest BCUT2D eigenvalue weighted by molar-refractivity contribution is 8.44. The van der Waals surface area contributed by atoms with Crippen molar-refractivity contribution in [3.8, 4) is 0 Å². The van der Waals surface area contributed by atoms with Gasteiger partial charge in [0, 0.05) is 0 Å². The summed E-state index contributed by atoms with van der Waals surface area (Å²) in [5.74, 6) is 0. The second kappa shape index (κ2) is 6.90. The van der Waals surface area contributed by atoms with E-state index < -0.39 is 44.4 Å². The zero-order valence-electron chi connectivity index (χ0n) is 8.12. The Bertz CT molecular complexity index is 245. The van der Waals surface area contributed by atoms with E-state index in [4.69, 9.17) is 20.2 Å². The molecule has 0 amide bonds. The van der Waals surface area contributed by atoms with Gasteiger partial charge >= 0.3 is 6.80 Å². The third-order valence-corrected chi connectivity index (χ3v) is 2.57. The molecule has 0 saturated heterocycles. The normalized spacial score (nSPS) is 23.2. The predicted molar refractivity (Wildman–Crippen MR) is 55.9 cm³/mol. The molecule has 98 valence electrons. The van der Waals surface area contributed by atoms with Gasteiger partial charge in [-0.3, -0.25) is 4.52 Å². The number of aliphatic hydroxyl groups excluding tert-OH is 5. The van der Waals surface area contributed by atoms with Crippen molar-refractivity contribution in [2.45, 2.75) is 24.4 Å². The topological polar surface area (TPSA) is 148 Å². The van der Waals surface area contributed by atoms with Crippen molar-refractivity contribution >= 4 is 19.0 Å². The molecule has 0 rings (SSSR count). The maximum Gasteiger partial charge on any atom is 0.383 e. The highest BCUT2D eigenvalue weighted by Gasteiger charge is 2.31. The van der Waals surface area contributed by atoms with Crippen LogP contribution in [-0.2, 0) is 9.09 Å². The van der Waals surface area contributed by atoms with Crippen molar-refractivity contribution in [1.82, 2.24) is 0 Å². The van der Waals surface area contributed by atoms with E-state index in [-0.39, 0.29) is 0 Å². The van der Waals surface area contributed by atoms with E-state index in [9.17, 15) is 14.8 Å². The Morgan fingerprint density at radius 3 is 1.94 bits per heavy atom. The first-order valence-corrected chi connectivity index (χ1v) is 6.95. The number of thiol groups is 1. The molecule has 0 aliphatic carbocycles. The van der Waals surface area contributed by atoms with Gasteiger partial charge in [0.1, 0.15) is 24.4 Å². The van der Waals surface area contributed by atoms with Gasteiger partial charge in [-0.05, 0) is 0 Å². The minimum Gasteiger partial charge on any atom is -0.394 e. The van der Waals surface area contributed by atoms with E-state index >= 15 is 0 Å². The summed E-state index contributed by atoms with van der Waals surface area (Å²) < 4.78 is 14.7. The molecule has 0 heterocycles. The van der Waals surface area contributed by atoms with E-state index in [1.807, 2.05) is 0 Å². The second-order valence-electron chi connectivity index (χ2n) is 3.08. The molecule has 0 aromatic carbocycles. The highest BCUT2D eigenvalue weighted by Crippen LogP contribution is 2.46. The Morgan fingerprint density at radius 1 is 1.12 bits per heavy atom. The Morgan fingerprint density at radius 2 is 1.56 bits per heavy atom. The van der Waals surface area contributed by atoms with Crippen molar-refractivity contribution in [2.24, 2.45) is 0 Å². The lowest BCUT2D eigenvalue weighted by molar-refractivity contribution is -0.121. The van der Waals surface area contributed by atoms with Crippen LogP contribution in [0, 0.1) is 0 Å². The number of hydrogen-bond donors (Lipinski definition) is 7. The summed E-state index contributed by atoms with van der Waals surface area (Å²) in [5.41, 5.74) is 0. The molecule has 16 heavy (non-hydrogen) atoms. The van der Waals surface area contributed by atoms with Crippen LogP contribution in [0.3, 0.4) is 0 Å². The molecule has 0 aromatic heterocycles. The van der Waals surface area contributed by atoms with E-state index in [2.05, 4.69) is 16.8 Å². The molecule has 0 bridgehead atoms. The van der Waals surface area contributed by atoms with Gasteiger partial charge in [-0.1, -0.05) is 12.2 Å². The SMILES string of the molecule is O=P(O)(S)OCC(O)C(O)C(O)C(O)CO. The lowest BCUT2D eigenvalue weighted by atomic mass is 10.0. The first-order valence-electron chi connectivity index (χ1n) is 4.22. The van der Waals surface area contributed by atoms with E-state index in [0.717, 1.165) is 0 Å². The van der Waals surface area contributed by atoms with Crippen LogP contribution in [-0.4, -0.2) is 68.1 Å². The van der Waals surface area contributed by atoms with E-state index in [0.29, 0.717) is 0 Å². The van der Waals surface area contributed by atoms with Crippen LogP contribution in [0.1, 0.15) is 0 Å². The summed E-state index contributed by atoms with van der Waals surface area (Å²) in [4.78, 5) is 8.60. The fourth-order valence-electron chi connectivity index (χ4n) is 0.835. The maximum atomic E-state index is 10.6. The monoisotopic (exact) mass is 278 g/mol. The standard InChI is InChI=1S/C6H15O8PS/c7-1-3(8)5(10)6(11)4(9)2-14-15(12,13)16/h3-11H,1-2H2,(H2,12,13,16). The Balaban J connectivity index is 4.17. The molecule has 8 nitrogen and oxygen atoms in total. The third kappa shape index (κ3) is 6.14. The van der Waals surface area contributed by atoms with Gasteiger partial charge in [0.2, 0.25) is 0 Å². The molecule has 0 aliphatic rings. The first-order chi connectivity index (χ1) is 7.19. The fraction of sp³-hybridized carbons (Fsp3) is 1.00. The Hall–Kier alpha value is 0.300. The van der Waals surface area contributed by atoms with Gasteiger partial charge in [0.25, 0.3) is 0 Å². The van der Waals surface area contributed by atoms with E-state index in [1.165, 1.54) is 0 Å². The van der Waals surface area contributed by atoms with Crippen molar-refractivity contribution in [3.63, 3.8) is 0 Å². The number of aliphatic hydroxyl groups is 5. The average Bonchev–Trinajstić information content (AvgIpc) is 2.21. The molecular weight excluding hydrogens is 263 g/mol. The lowest BCUT2D eigenvalue weighted by Crippen LogP contribution is -2.47. The summed E-state index contributed by atoms with van der Waals surface area (Å²) in [6.07, 6.45) is -6.98. The quantitative estimate of drug-likeness (QED) is 0.199. The largest absolute Gasteiger partial charge is 0.394 e. The van der Waals surface area contributed by atoms with Crippen molar-refractivity contribution < 1.29 is 39.5 Å². The minimum absolute atomic E-state index is 0.756. The van der Waals surface area contributed by atoms with Gasteiger partial charge in [0.15, 0.2) is 0 Å². The summed E-state index contributed by atoms with van der Waals surface area (Å²) in [6, 6.07) is 0. The van der Waals surface area contributed by atoms with Gasteiger partial charge in [-0.2, -0.15) is 0 Å². The Labute approximate surface area is 96.8 Å². The average molecular weight is 278 g/mol. The van der Waals surface area contributed by atoms with Crippen molar-refractivity contribution in [3.05, 3.63) is 0 Å². The van der Waals surface area contributed by atoms with Crippen LogP contribution < -0.4 is 0 Å². The van der Waals surface area contributed by atoms with Gasteiger partial charge in [-0.15, -0.1) is 0 Å². The molecule has 0 spiro atoms. The molecule has 10 heteroatoms. The zero-order chi connectivity index (χ0) is 12.9. The van der Waals surface area contributed by atoms with Crippen molar-refractivity contribution in [2.75, 3.05) is 13.2 Å². The van der Waals surface area contributed by atoms with E-state index in [1.54, 1.807) is 0 Å². The third-order valence-electron chi connectivity index (χ3n) is 1.74. The van der Waals surface area contributed by atoms with Crippen molar-refractivity contribution in [1.29, 1.82) is 0 Å². The molecule has 5 unspecified atom stereocenters. The molecule has 0 radical (unpaired) electrons. The molecular formula is C6H15O8PS. The lowest BCUT2D eigenvalue weighted by Gasteiger charge is -2.25. The zero-order valence-corrected chi connectivity index (χ0v) is 9.91. The van der Waals surface area contributed by atoms with Gasteiger partial charge in [0.05, 0.1) is 13.2 Å². The molecule has 0 fully saturated rings. The molecule has 6 N–H and O–H groups in total. The molecule has 5 atom stereocenters.